The fraction of sp³-hybridized carbons (Fsp3) is 1.00. The average molecular weight is 195 g/mol. The van der Waals surface area contributed by atoms with Gasteiger partial charge in [-0.15, -0.1) is 0 Å². The Kier molecular flexibility index (Phi) is 2.26. The Labute approximate surface area is 86.0 Å². The summed E-state index contributed by atoms with van der Waals surface area (Å²) < 4.78 is 0. The molecular formula is C11H21N3. The summed E-state index contributed by atoms with van der Waals surface area (Å²) in [5.74, 6) is 0. The number of hydrogen-bond donors (Lipinski definition) is 2. The first-order valence-corrected chi connectivity index (χ1v) is 6.08. The fourth-order valence-electron chi connectivity index (χ4n) is 3.38. The van der Waals surface area contributed by atoms with Crippen LogP contribution in [0.2, 0.25) is 0 Å². The molecule has 2 heterocycles. The molecule has 80 valence electrons. The van der Waals surface area contributed by atoms with Crippen LogP contribution in [0.3, 0.4) is 0 Å². The lowest BCUT2D eigenvalue weighted by atomic mass is 9.86. The van der Waals surface area contributed by atoms with Crippen LogP contribution in [0.25, 0.3) is 0 Å². The largest absolute Gasteiger partial charge is 0.328 e. The molecule has 3 N–H and O–H groups in total. The van der Waals surface area contributed by atoms with E-state index in [0.717, 1.165) is 18.1 Å². The van der Waals surface area contributed by atoms with Crippen molar-refractivity contribution in [1.82, 2.24) is 10.2 Å². The minimum absolute atomic E-state index is 0.480. The van der Waals surface area contributed by atoms with Crippen LogP contribution in [0.15, 0.2) is 0 Å². The van der Waals surface area contributed by atoms with E-state index in [1.165, 1.54) is 45.2 Å². The van der Waals surface area contributed by atoms with E-state index >= 15 is 0 Å². The second-order valence-electron chi connectivity index (χ2n) is 5.24. The van der Waals surface area contributed by atoms with Gasteiger partial charge >= 0.3 is 0 Å². The van der Waals surface area contributed by atoms with Crippen LogP contribution in [0.4, 0.5) is 0 Å². The van der Waals surface area contributed by atoms with Crippen molar-refractivity contribution >= 4 is 0 Å². The van der Waals surface area contributed by atoms with E-state index < -0.39 is 0 Å². The zero-order valence-electron chi connectivity index (χ0n) is 8.78. The SMILES string of the molecule is NC1CC(NC2CCN3CCCC23)C1. The van der Waals surface area contributed by atoms with E-state index in [0.29, 0.717) is 6.04 Å². The van der Waals surface area contributed by atoms with E-state index in [9.17, 15) is 0 Å². The van der Waals surface area contributed by atoms with Gasteiger partial charge < -0.3 is 11.1 Å². The second-order valence-corrected chi connectivity index (χ2v) is 5.24. The first-order chi connectivity index (χ1) is 6.83. The van der Waals surface area contributed by atoms with Gasteiger partial charge in [-0.1, -0.05) is 0 Å². The average Bonchev–Trinajstić information content (AvgIpc) is 2.66. The summed E-state index contributed by atoms with van der Waals surface area (Å²) in [5.41, 5.74) is 5.80. The minimum Gasteiger partial charge on any atom is -0.328 e. The number of fused-ring (bicyclic) bond motifs is 1. The normalized spacial score (nSPS) is 47.8. The molecule has 1 saturated carbocycles. The molecular weight excluding hydrogens is 174 g/mol. The Balaban J connectivity index is 1.53. The van der Waals surface area contributed by atoms with Crippen LogP contribution >= 0.6 is 0 Å². The van der Waals surface area contributed by atoms with Crippen LogP contribution in [-0.2, 0) is 0 Å². The number of nitrogens with one attached hydrogen (secondary N) is 1. The van der Waals surface area contributed by atoms with E-state index in [-0.39, 0.29) is 0 Å². The van der Waals surface area contributed by atoms with Crippen molar-refractivity contribution in [2.24, 2.45) is 5.73 Å². The topological polar surface area (TPSA) is 41.3 Å². The predicted octanol–water partition coefficient (Wildman–Crippen LogP) is 0.302. The monoisotopic (exact) mass is 195 g/mol. The molecule has 0 aromatic carbocycles. The highest BCUT2D eigenvalue weighted by Crippen LogP contribution is 2.29. The highest BCUT2D eigenvalue weighted by atomic mass is 15.2. The van der Waals surface area contributed by atoms with Gasteiger partial charge in [0, 0.05) is 30.7 Å². The summed E-state index contributed by atoms with van der Waals surface area (Å²) >= 11 is 0. The minimum atomic E-state index is 0.480. The first kappa shape index (κ1) is 9.13. The van der Waals surface area contributed by atoms with E-state index in [1.807, 2.05) is 0 Å². The van der Waals surface area contributed by atoms with Crippen LogP contribution in [0.1, 0.15) is 32.1 Å². The third kappa shape index (κ3) is 1.47. The second kappa shape index (κ2) is 3.47. The van der Waals surface area contributed by atoms with Crippen molar-refractivity contribution in [3.8, 4) is 0 Å². The summed E-state index contributed by atoms with van der Waals surface area (Å²) in [5, 5.41) is 3.80. The van der Waals surface area contributed by atoms with E-state index in [4.69, 9.17) is 5.73 Å². The maximum atomic E-state index is 5.80. The predicted molar refractivity (Wildman–Crippen MR) is 57.1 cm³/mol. The van der Waals surface area contributed by atoms with Gasteiger partial charge in [-0.3, -0.25) is 4.90 Å². The number of nitrogens with two attached hydrogens (primary N) is 1. The molecule has 3 aliphatic rings. The van der Waals surface area contributed by atoms with Gasteiger partial charge in [0.25, 0.3) is 0 Å². The molecule has 2 aliphatic heterocycles. The molecule has 0 aromatic heterocycles. The Hall–Kier alpha value is -0.120. The lowest BCUT2D eigenvalue weighted by Crippen LogP contribution is -2.53. The maximum Gasteiger partial charge on any atom is 0.0250 e. The Morgan fingerprint density at radius 1 is 1.14 bits per heavy atom. The van der Waals surface area contributed by atoms with Gasteiger partial charge in [-0.05, 0) is 38.6 Å². The fourth-order valence-corrected chi connectivity index (χ4v) is 3.38. The first-order valence-electron chi connectivity index (χ1n) is 6.08. The van der Waals surface area contributed by atoms with Crippen LogP contribution in [-0.4, -0.2) is 42.2 Å². The Morgan fingerprint density at radius 2 is 2.00 bits per heavy atom. The van der Waals surface area contributed by atoms with Gasteiger partial charge in [0.2, 0.25) is 0 Å². The molecule has 0 amide bonds. The zero-order valence-corrected chi connectivity index (χ0v) is 8.78. The molecule has 3 rings (SSSR count). The molecule has 0 aromatic rings. The summed E-state index contributed by atoms with van der Waals surface area (Å²) in [6.07, 6.45) is 6.58. The quantitative estimate of drug-likeness (QED) is 0.666. The number of nitrogens with zero attached hydrogens (tertiary/aromatic N) is 1. The number of rotatable bonds is 2. The lowest BCUT2D eigenvalue weighted by Gasteiger charge is -2.36. The van der Waals surface area contributed by atoms with E-state index in [1.54, 1.807) is 0 Å². The standard InChI is InChI=1S/C11H21N3/c12-8-6-9(7-8)13-10-3-5-14-4-1-2-11(10)14/h8-11,13H,1-7,12H2. The zero-order chi connectivity index (χ0) is 9.54. The molecule has 1 aliphatic carbocycles. The molecule has 0 radical (unpaired) electrons. The van der Waals surface area contributed by atoms with Gasteiger partial charge in [0.15, 0.2) is 0 Å². The lowest BCUT2D eigenvalue weighted by molar-refractivity contribution is 0.235. The van der Waals surface area contributed by atoms with Crippen molar-refractivity contribution in [2.75, 3.05) is 13.1 Å². The van der Waals surface area contributed by atoms with Crippen molar-refractivity contribution < 1.29 is 0 Å². The molecule has 0 spiro atoms. The van der Waals surface area contributed by atoms with Crippen molar-refractivity contribution in [3.05, 3.63) is 0 Å². The van der Waals surface area contributed by atoms with Crippen LogP contribution in [0.5, 0.6) is 0 Å². The molecule has 2 unspecified atom stereocenters. The smallest absolute Gasteiger partial charge is 0.0250 e. The van der Waals surface area contributed by atoms with Gasteiger partial charge in [0.05, 0.1) is 0 Å². The summed E-state index contributed by atoms with van der Waals surface area (Å²) in [6, 6.07) is 2.84. The molecule has 14 heavy (non-hydrogen) atoms. The molecule has 2 atom stereocenters. The van der Waals surface area contributed by atoms with Crippen molar-refractivity contribution in [1.29, 1.82) is 0 Å². The summed E-state index contributed by atoms with van der Waals surface area (Å²) in [7, 11) is 0. The Morgan fingerprint density at radius 3 is 2.79 bits per heavy atom. The summed E-state index contributed by atoms with van der Waals surface area (Å²) in [6.45, 7) is 2.66. The van der Waals surface area contributed by atoms with Crippen LogP contribution in [0, 0.1) is 0 Å². The van der Waals surface area contributed by atoms with Gasteiger partial charge in [-0.25, -0.2) is 0 Å². The Bertz CT molecular complexity index is 213. The molecule has 2 saturated heterocycles. The third-order valence-electron chi connectivity index (χ3n) is 4.23. The van der Waals surface area contributed by atoms with Gasteiger partial charge in [-0.2, -0.15) is 0 Å². The van der Waals surface area contributed by atoms with Crippen LogP contribution < -0.4 is 11.1 Å². The van der Waals surface area contributed by atoms with E-state index in [2.05, 4.69) is 10.2 Å². The maximum absolute atomic E-state index is 5.80. The molecule has 3 fully saturated rings. The summed E-state index contributed by atoms with van der Waals surface area (Å²) in [4.78, 5) is 2.66. The van der Waals surface area contributed by atoms with Crippen molar-refractivity contribution in [3.63, 3.8) is 0 Å². The molecule has 3 nitrogen and oxygen atoms in total. The molecule has 3 heteroatoms. The highest BCUT2D eigenvalue weighted by Gasteiger charge is 2.39. The van der Waals surface area contributed by atoms with Gasteiger partial charge in [0.1, 0.15) is 0 Å². The molecule has 0 bridgehead atoms. The highest BCUT2D eigenvalue weighted by molar-refractivity contribution is 4.99. The van der Waals surface area contributed by atoms with Crippen molar-refractivity contribution in [2.45, 2.75) is 56.3 Å². The third-order valence-corrected chi connectivity index (χ3v) is 4.23. The number of hydrogen-bond acceptors (Lipinski definition) is 3.